The summed E-state index contributed by atoms with van der Waals surface area (Å²) < 4.78 is 5.58. The van der Waals surface area contributed by atoms with Crippen molar-refractivity contribution in [2.45, 2.75) is 31.4 Å². The van der Waals surface area contributed by atoms with Gasteiger partial charge in [0.1, 0.15) is 11.1 Å². The summed E-state index contributed by atoms with van der Waals surface area (Å²) in [5, 5.41) is 3.22. The number of thiazole rings is 1. The van der Waals surface area contributed by atoms with Gasteiger partial charge in [-0.1, -0.05) is 30.3 Å². The average molecular weight is 288 g/mol. The van der Waals surface area contributed by atoms with Crippen molar-refractivity contribution in [3.63, 3.8) is 0 Å². The van der Waals surface area contributed by atoms with Crippen molar-refractivity contribution in [3.05, 3.63) is 52.0 Å². The first-order chi connectivity index (χ1) is 9.78. The fraction of sp³-hybridized carbons (Fsp3) is 0.438. The van der Waals surface area contributed by atoms with Gasteiger partial charge < -0.3 is 10.5 Å². The summed E-state index contributed by atoms with van der Waals surface area (Å²) in [6.45, 7) is 0. The summed E-state index contributed by atoms with van der Waals surface area (Å²) >= 11 is 1.70. The van der Waals surface area contributed by atoms with E-state index in [1.165, 1.54) is 12.8 Å². The van der Waals surface area contributed by atoms with Crippen LogP contribution in [0.15, 0.2) is 35.7 Å². The van der Waals surface area contributed by atoms with Crippen LogP contribution in [0.1, 0.15) is 41.3 Å². The maximum Gasteiger partial charge on any atom is 0.122 e. The molecule has 2 aromatic rings. The first kappa shape index (κ1) is 13.7. The first-order valence-electron chi connectivity index (χ1n) is 7.05. The lowest BCUT2D eigenvalue weighted by Gasteiger charge is -2.11. The molecule has 0 radical (unpaired) electrons. The normalized spacial score (nSPS) is 17.9. The summed E-state index contributed by atoms with van der Waals surface area (Å²) in [6.07, 6.45) is 3.48. The Kier molecular flexibility index (Phi) is 4.15. The minimum absolute atomic E-state index is 0.00747. The topological polar surface area (TPSA) is 48.1 Å². The van der Waals surface area contributed by atoms with Gasteiger partial charge in [0.25, 0.3) is 0 Å². The Balaban J connectivity index is 1.68. The second-order valence-corrected chi connectivity index (χ2v) is 6.28. The molecule has 0 aliphatic heterocycles. The smallest absolute Gasteiger partial charge is 0.122 e. The summed E-state index contributed by atoms with van der Waals surface area (Å²) in [5.74, 6) is 0.668. The fourth-order valence-corrected chi connectivity index (χ4v) is 3.48. The quantitative estimate of drug-likeness (QED) is 0.885. The molecule has 1 aliphatic carbocycles. The van der Waals surface area contributed by atoms with Crippen molar-refractivity contribution in [1.29, 1.82) is 0 Å². The average Bonchev–Trinajstić information content (AvgIpc) is 3.21. The minimum Gasteiger partial charge on any atom is -0.374 e. The molecule has 1 aromatic heterocycles. The van der Waals surface area contributed by atoms with Gasteiger partial charge in [-0.2, -0.15) is 0 Å². The highest BCUT2D eigenvalue weighted by atomic mass is 32.1. The van der Waals surface area contributed by atoms with Crippen LogP contribution in [-0.2, 0) is 11.2 Å². The van der Waals surface area contributed by atoms with Crippen molar-refractivity contribution in [2.24, 2.45) is 11.7 Å². The molecule has 0 amide bonds. The number of rotatable bonds is 6. The molecule has 0 spiro atoms. The molecule has 1 fully saturated rings. The molecule has 3 nitrogen and oxygen atoms in total. The number of hydrogen-bond acceptors (Lipinski definition) is 4. The van der Waals surface area contributed by atoms with Crippen molar-refractivity contribution >= 4 is 11.3 Å². The summed E-state index contributed by atoms with van der Waals surface area (Å²) in [7, 11) is 1.78. The molecule has 1 aromatic carbocycles. The zero-order valence-electron chi connectivity index (χ0n) is 11.7. The number of methoxy groups -OCH3 is 1. The predicted octanol–water partition coefficient (Wildman–Crippen LogP) is 3.48. The van der Waals surface area contributed by atoms with E-state index in [0.29, 0.717) is 5.92 Å². The van der Waals surface area contributed by atoms with Gasteiger partial charge in [0.2, 0.25) is 0 Å². The zero-order valence-corrected chi connectivity index (χ0v) is 12.5. The Morgan fingerprint density at radius 1 is 1.35 bits per heavy atom. The van der Waals surface area contributed by atoms with Crippen LogP contribution >= 0.6 is 11.3 Å². The maximum absolute atomic E-state index is 6.25. The maximum atomic E-state index is 6.25. The zero-order chi connectivity index (χ0) is 13.9. The van der Waals surface area contributed by atoms with Crippen LogP contribution in [0, 0.1) is 5.92 Å². The lowest BCUT2D eigenvalue weighted by Crippen LogP contribution is -2.13. The van der Waals surface area contributed by atoms with Crippen LogP contribution < -0.4 is 5.73 Å². The van der Waals surface area contributed by atoms with Gasteiger partial charge in [0.15, 0.2) is 0 Å². The van der Waals surface area contributed by atoms with E-state index in [1.54, 1.807) is 18.4 Å². The van der Waals surface area contributed by atoms with Gasteiger partial charge in [-0.15, -0.1) is 11.3 Å². The number of benzene rings is 1. The predicted molar refractivity (Wildman–Crippen MR) is 81.7 cm³/mol. The second-order valence-electron chi connectivity index (χ2n) is 5.39. The first-order valence-corrected chi connectivity index (χ1v) is 7.93. The molecule has 0 bridgehead atoms. The lowest BCUT2D eigenvalue weighted by molar-refractivity contribution is 0.0842. The summed E-state index contributed by atoms with van der Waals surface area (Å²) in [4.78, 5) is 4.72. The number of nitrogens with zero attached hydrogens (tertiary/aromatic N) is 1. The molecule has 2 unspecified atom stereocenters. The molecular formula is C16H20N2OS. The molecule has 3 rings (SSSR count). The Morgan fingerprint density at radius 2 is 2.10 bits per heavy atom. The van der Waals surface area contributed by atoms with Crippen LogP contribution in [-0.4, -0.2) is 12.1 Å². The summed E-state index contributed by atoms with van der Waals surface area (Å²) in [6, 6.07) is 10.2. The Bertz CT molecular complexity index is 551. The summed E-state index contributed by atoms with van der Waals surface area (Å²) in [5.41, 5.74) is 8.48. The molecule has 2 N–H and O–H groups in total. The van der Waals surface area contributed by atoms with E-state index in [2.05, 4.69) is 17.5 Å². The molecule has 0 saturated heterocycles. The van der Waals surface area contributed by atoms with Crippen molar-refractivity contribution < 1.29 is 4.74 Å². The van der Waals surface area contributed by atoms with Gasteiger partial charge in [0.05, 0.1) is 5.69 Å². The van der Waals surface area contributed by atoms with E-state index < -0.39 is 0 Å². The SMILES string of the molecule is COC(c1nc(CC(N)c2ccccc2)cs1)C1CC1. The highest BCUT2D eigenvalue weighted by Crippen LogP contribution is 2.43. The highest BCUT2D eigenvalue weighted by Gasteiger charge is 2.34. The molecule has 2 atom stereocenters. The molecule has 1 heterocycles. The monoisotopic (exact) mass is 288 g/mol. The third-order valence-electron chi connectivity index (χ3n) is 3.77. The molecule has 1 aliphatic rings. The van der Waals surface area contributed by atoms with E-state index in [-0.39, 0.29) is 12.1 Å². The van der Waals surface area contributed by atoms with Gasteiger partial charge in [0, 0.05) is 25.0 Å². The van der Waals surface area contributed by atoms with Gasteiger partial charge >= 0.3 is 0 Å². The number of ether oxygens (including phenoxy) is 1. The lowest BCUT2D eigenvalue weighted by atomic mass is 10.0. The van der Waals surface area contributed by atoms with Crippen LogP contribution in [0.3, 0.4) is 0 Å². The van der Waals surface area contributed by atoms with Crippen LogP contribution in [0.4, 0.5) is 0 Å². The largest absolute Gasteiger partial charge is 0.374 e. The Hall–Kier alpha value is -1.23. The van der Waals surface area contributed by atoms with Gasteiger partial charge in [-0.3, -0.25) is 0 Å². The number of aromatic nitrogens is 1. The van der Waals surface area contributed by atoms with Crippen LogP contribution in [0.25, 0.3) is 0 Å². The van der Waals surface area contributed by atoms with E-state index >= 15 is 0 Å². The van der Waals surface area contributed by atoms with Crippen LogP contribution in [0.2, 0.25) is 0 Å². The minimum atomic E-state index is 0.00747. The highest BCUT2D eigenvalue weighted by molar-refractivity contribution is 7.09. The molecule has 106 valence electrons. The third-order valence-corrected chi connectivity index (χ3v) is 4.73. The molecule has 4 heteroatoms. The third kappa shape index (κ3) is 3.08. The molecule has 20 heavy (non-hydrogen) atoms. The standard InChI is InChI=1S/C16H20N2OS/c1-19-15(12-7-8-12)16-18-13(10-20-16)9-14(17)11-5-3-2-4-6-11/h2-6,10,12,14-15H,7-9,17H2,1H3. The van der Waals surface area contributed by atoms with E-state index in [9.17, 15) is 0 Å². The van der Waals surface area contributed by atoms with E-state index in [4.69, 9.17) is 15.5 Å². The fourth-order valence-electron chi connectivity index (χ4n) is 2.48. The van der Waals surface area contributed by atoms with Crippen molar-refractivity contribution in [3.8, 4) is 0 Å². The van der Waals surface area contributed by atoms with Crippen LogP contribution in [0.5, 0.6) is 0 Å². The van der Waals surface area contributed by atoms with Crippen molar-refractivity contribution in [2.75, 3.05) is 7.11 Å². The van der Waals surface area contributed by atoms with E-state index in [1.807, 2.05) is 18.2 Å². The molecular weight excluding hydrogens is 268 g/mol. The number of hydrogen-bond donors (Lipinski definition) is 1. The Labute approximate surface area is 123 Å². The second kappa shape index (κ2) is 6.04. The molecule has 1 saturated carbocycles. The van der Waals surface area contributed by atoms with Gasteiger partial charge in [-0.05, 0) is 24.3 Å². The number of nitrogens with two attached hydrogens (primary N) is 1. The van der Waals surface area contributed by atoms with Gasteiger partial charge in [-0.25, -0.2) is 4.98 Å². The van der Waals surface area contributed by atoms with Crippen molar-refractivity contribution in [1.82, 2.24) is 4.98 Å². The Morgan fingerprint density at radius 3 is 2.75 bits per heavy atom. The van der Waals surface area contributed by atoms with E-state index in [0.717, 1.165) is 22.7 Å².